The van der Waals surface area contributed by atoms with Crippen LogP contribution in [0.1, 0.15) is 69.8 Å². The van der Waals surface area contributed by atoms with Gasteiger partial charge in [0.15, 0.2) is 0 Å². The highest BCUT2D eigenvalue weighted by molar-refractivity contribution is 7.99. The van der Waals surface area contributed by atoms with Gasteiger partial charge in [0.1, 0.15) is 0 Å². The van der Waals surface area contributed by atoms with E-state index in [9.17, 15) is 0 Å². The standard InChI is InChI=1S/C20H31NS/c1-2-9-15-20(14-8-1,21-16-10-3-4-11-17-21)22-18-19-12-6-5-7-13-19/h5-7,12-13H,1-4,8-11,14-18H2. The van der Waals surface area contributed by atoms with Gasteiger partial charge in [0, 0.05) is 5.75 Å². The zero-order chi connectivity index (χ0) is 15.1. The third-order valence-corrected chi connectivity index (χ3v) is 7.10. The van der Waals surface area contributed by atoms with Crippen LogP contribution in [0.25, 0.3) is 0 Å². The van der Waals surface area contributed by atoms with Crippen molar-refractivity contribution in [2.24, 2.45) is 0 Å². The third kappa shape index (κ3) is 4.29. The normalized spacial score (nSPS) is 23.6. The molecule has 0 atom stereocenters. The number of likely N-dealkylation sites (tertiary alicyclic amines) is 1. The molecule has 122 valence electrons. The topological polar surface area (TPSA) is 3.24 Å². The molecule has 2 heteroatoms. The van der Waals surface area contributed by atoms with Crippen LogP contribution in [0.4, 0.5) is 0 Å². The van der Waals surface area contributed by atoms with E-state index in [0.29, 0.717) is 4.87 Å². The van der Waals surface area contributed by atoms with Crippen molar-refractivity contribution in [3.05, 3.63) is 35.9 Å². The van der Waals surface area contributed by atoms with Gasteiger partial charge in [-0.3, -0.25) is 4.90 Å². The van der Waals surface area contributed by atoms with Crippen LogP contribution in [-0.2, 0) is 5.75 Å². The molecule has 1 aromatic rings. The Morgan fingerprint density at radius 1 is 0.773 bits per heavy atom. The average molecular weight is 318 g/mol. The molecular formula is C20H31NS. The summed E-state index contributed by atoms with van der Waals surface area (Å²) >= 11 is 2.25. The van der Waals surface area contributed by atoms with Gasteiger partial charge in [0.25, 0.3) is 0 Å². The molecule has 2 aliphatic rings. The fourth-order valence-corrected chi connectivity index (χ4v) is 5.67. The minimum Gasteiger partial charge on any atom is -0.289 e. The van der Waals surface area contributed by atoms with E-state index in [1.165, 1.54) is 88.6 Å². The van der Waals surface area contributed by atoms with E-state index in [-0.39, 0.29) is 0 Å². The molecule has 1 nitrogen and oxygen atoms in total. The molecule has 0 amide bonds. The third-order valence-electron chi connectivity index (χ3n) is 5.42. The number of hydrogen-bond acceptors (Lipinski definition) is 2. The smallest absolute Gasteiger partial charge is 0.0673 e. The lowest BCUT2D eigenvalue weighted by atomic mass is 10.1. The first-order valence-corrected chi connectivity index (χ1v) is 10.3. The van der Waals surface area contributed by atoms with E-state index < -0.39 is 0 Å². The van der Waals surface area contributed by atoms with Gasteiger partial charge < -0.3 is 0 Å². The summed E-state index contributed by atoms with van der Waals surface area (Å²) < 4.78 is 0. The Labute approximate surface area is 140 Å². The molecule has 2 fully saturated rings. The zero-order valence-electron chi connectivity index (χ0n) is 13.9. The van der Waals surface area contributed by atoms with Crippen LogP contribution in [0, 0.1) is 0 Å². The molecule has 3 rings (SSSR count). The maximum atomic E-state index is 2.89. The average Bonchev–Trinajstić information content (AvgIpc) is 2.98. The number of rotatable bonds is 4. The summed E-state index contributed by atoms with van der Waals surface area (Å²) in [6.45, 7) is 2.67. The van der Waals surface area contributed by atoms with E-state index in [4.69, 9.17) is 0 Å². The minimum absolute atomic E-state index is 0.427. The Kier molecular flexibility index (Phi) is 6.26. The zero-order valence-corrected chi connectivity index (χ0v) is 14.8. The number of hydrogen-bond donors (Lipinski definition) is 0. The van der Waals surface area contributed by atoms with Gasteiger partial charge in [-0.15, -0.1) is 11.8 Å². The molecule has 1 aliphatic carbocycles. The first-order valence-electron chi connectivity index (χ1n) is 9.32. The Hall–Kier alpha value is -0.470. The van der Waals surface area contributed by atoms with Gasteiger partial charge in [0.05, 0.1) is 4.87 Å². The number of thioether (sulfide) groups is 1. The fourth-order valence-electron chi connectivity index (χ4n) is 4.10. The molecule has 0 radical (unpaired) electrons. The molecule has 0 N–H and O–H groups in total. The highest BCUT2D eigenvalue weighted by Crippen LogP contribution is 2.44. The van der Waals surface area contributed by atoms with Crippen LogP contribution in [0.3, 0.4) is 0 Å². The maximum Gasteiger partial charge on any atom is 0.0673 e. The lowest BCUT2D eigenvalue weighted by Crippen LogP contribution is -2.46. The highest BCUT2D eigenvalue weighted by Gasteiger charge is 2.37. The van der Waals surface area contributed by atoms with Crippen LogP contribution in [0.5, 0.6) is 0 Å². The summed E-state index contributed by atoms with van der Waals surface area (Å²) in [5.74, 6) is 1.18. The van der Waals surface area contributed by atoms with Crippen molar-refractivity contribution in [3.8, 4) is 0 Å². The van der Waals surface area contributed by atoms with Gasteiger partial charge in [-0.05, 0) is 44.3 Å². The Bertz CT molecular complexity index is 415. The summed E-state index contributed by atoms with van der Waals surface area (Å²) in [7, 11) is 0. The van der Waals surface area contributed by atoms with E-state index in [2.05, 4.69) is 47.0 Å². The van der Waals surface area contributed by atoms with Gasteiger partial charge in [-0.2, -0.15) is 0 Å². The molecule has 0 unspecified atom stereocenters. The Balaban J connectivity index is 1.72. The van der Waals surface area contributed by atoms with E-state index in [0.717, 1.165) is 0 Å². The molecule has 0 bridgehead atoms. The molecule has 22 heavy (non-hydrogen) atoms. The van der Waals surface area contributed by atoms with Crippen molar-refractivity contribution in [3.63, 3.8) is 0 Å². The maximum absolute atomic E-state index is 2.89. The molecule has 1 aliphatic heterocycles. The van der Waals surface area contributed by atoms with E-state index in [1.54, 1.807) is 0 Å². The first kappa shape index (κ1) is 16.4. The first-order chi connectivity index (χ1) is 10.9. The predicted octanol–water partition coefficient (Wildman–Crippen LogP) is 5.85. The van der Waals surface area contributed by atoms with Gasteiger partial charge in [0.2, 0.25) is 0 Å². The van der Waals surface area contributed by atoms with Crippen molar-refractivity contribution in [2.75, 3.05) is 13.1 Å². The van der Waals surface area contributed by atoms with Crippen LogP contribution < -0.4 is 0 Å². The van der Waals surface area contributed by atoms with Gasteiger partial charge in [-0.25, -0.2) is 0 Å². The quantitative estimate of drug-likeness (QED) is 0.641. The van der Waals surface area contributed by atoms with Crippen molar-refractivity contribution >= 4 is 11.8 Å². The van der Waals surface area contributed by atoms with Crippen molar-refractivity contribution < 1.29 is 0 Å². The summed E-state index contributed by atoms with van der Waals surface area (Å²) in [4.78, 5) is 3.32. The SMILES string of the molecule is c1ccc(CSC2(N3CCCCCC3)CCCCCC2)cc1. The second-order valence-electron chi connectivity index (χ2n) is 7.04. The second-order valence-corrected chi connectivity index (χ2v) is 8.37. The monoisotopic (exact) mass is 317 g/mol. The molecular weight excluding hydrogens is 286 g/mol. The molecule has 0 aromatic heterocycles. The van der Waals surface area contributed by atoms with E-state index in [1.807, 2.05) is 0 Å². The van der Waals surface area contributed by atoms with Crippen molar-refractivity contribution in [1.29, 1.82) is 0 Å². The fraction of sp³-hybridized carbons (Fsp3) is 0.700. The lowest BCUT2D eigenvalue weighted by molar-refractivity contribution is 0.156. The van der Waals surface area contributed by atoms with Crippen LogP contribution in [0.2, 0.25) is 0 Å². The highest BCUT2D eigenvalue weighted by atomic mass is 32.2. The Morgan fingerprint density at radius 3 is 2.00 bits per heavy atom. The minimum atomic E-state index is 0.427. The van der Waals surface area contributed by atoms with Gasteiger partial charge >= 0.3 is 0 Å². The number of benzene rings is 1. The van der Waals surface area contributed by atoms with Crippen LogP contribution in [-0.4, -0.2) is 22.9 Å². The number of nitrogens with zero attached hydrogens (tertiary/aromatic N) is 1. The lowest BCUT2D eigenvalue weighted by Gasteiger charge is -2.43. The molecule has 1 aromatic carbocycles. The Morgan fingerprint density at radius 2 is 1.36 bits per heavy atom. The van der Waals surface area contributed by atoms with E-state index >= 15 is 0 Å². The van der Waals surface area contributed by atoms with Crippen LogP contribution >= 0.6 is 11.8 Å². The molecule has 1 saturated carbocycles. The summed E-state index contributed by atoms with van der Waals surface area (Å²) in [5.41, 5.74) is 1.49. The van der Waals surface area contributed by atoms with Gasteiger partial charge in [-0.1, -0.05) is 68.9 Å². The summed E-state index contributed by atoms with van der Waals surface area (Å²) in [5, 5.41) is 0. The molecule has 1 heterocycles. The van der Waals surface area contributed by atoms with Crippen molar-refractivity contribution in [1.82, 2.24) is 4.90 Å². The van der Waals surface area contributed by atoms with Crippen LogP contribution in [0.15, 0.2) is 30.3 Å². The predicted molar refractivity (Wildman–Crippen MR) is 98.2 cm³/mol. The summed E-state index contributed by atoms with van der Waals surface area (Å²) in [6, 6.07) is 11.1. The largest absolute Gasteiger partial charge is 0.289 e. The molecule has 1 saturated heterocycles. The van der Waals surface area contributed by atoms with Crippen molar-refractivity contribution in [2.45, 2.75) is 74.8 Å². The second kappa shape index (κ2) is 8.40. The molecule has 0 spiro atoms. The summed E-state index contributed by atoms with van der Waals surface area (Å²) in [6.07, 6.45) is 14.3.